The van der Waals surface area contributed by atoms with Gasteiger partial charge in [0, 0.05) is 23.0 Å². The van der Waals surface area contributed by atoms with Crippen molar-refractivity contribution in [3.63, 3.8) is 0 Å². The van der Waals surface area contributed by atoms with Crippen LogP contribution in [0.15, 0.2) is 54.6 Å². The lowest BCUT2D eigenvalue weighted by molar-refractivity contribution is -0.119. The SMILES string of the molecule is O=C1CN(CC(=O)Nc2cccc(NC(=O)c3cccc(C=C(F)F)c3)c2)C(=O)N1. The average molecular weight is 414 g/mol. The van der Waals surface area contributed by atoms with Crippen molar-refractivity contribution >= 4 is 41.2 Å². The van der Waals surface area contributed by atoms with Crippen LogP contribution in [0, 0.1) is 0 Å². The van der Waals surface area contributed by atoms with Crippen LogP contribution in [0.4, 0.5) is 25.0 Å². The van der Waals surface area contributed by atoms with Gasteiger partial charge in [0.25, 0.3) is 12.0 Å². The number of anilines is 2. The Labute approximate surface area is 169 Å². The molecule has 1 aliphatic heterocycles. The second-order valence-electron chi connectivity index (χ2n) is 6.35. The van der Waals surface area contributed by atoms with Crippen molar-refractivity contribution in [1.29, 1.82) is 0 Å². The van der Waals surface area contributed by atoms with Crippen LogP contribution in [0.3, 0.4) is 0 Å². The number of carbonyl (C=O) groups is 4. The molecule has 5 amide bonds. The second-order valence-corrected chi connectivity index (χ2v) is 6.35. The first-order valence-electron chi connectivity index (χ1n) is 8.73. The van der Waals surface area contributed by atoms with E-state index in [1.165, 1.54) is 30.3 Å². The van der Waals surface area contributed by atoms with Gasteiger partial charge in [-0.25, -0.2) is 4.79 Å². The molecule has 1 fully saturated rings. The van der Waals surface area contributed by atoms with Crippen LogP contribution in [-0.4, -0.2) is 41.7 Å². The number of rotatable bonds is 6. The van der Waals surface area contributed by atoms with Crippen LogP contribution in [0.2, 0.25) is 0 Å². The molecule has 3 rings (SSSR count). The number of nitrogens with zero attached hydrogens (tertiary/aromatic N) is 1. The predicted molar refractivity (Wildman–Crippen MR) is 105 cm³/mol. The number of nitrogens with one attached hydrogen (secondary N) is 3. The van der Waals surface area contributed by atoms with Crippen LogP contribution in [-0.2, 0) is 9.59 Å². The van der Waals surface area contributed by atoms with Gasteiger partial charge in [-0.15, -0.1) is 0 Å². The Hall–Kier alpha value is -4.08. The van der Waals surface area contributed by atoms with Crippen molar-refractivity contribution in [3.05, 3.63) is 65.7 Å². The quantitative estimate of drug-likeness (QED) is 0.632. The number of carbonyl (C=O) groups excluding carboxylic acids is 4. The summed E-state index contributed by atoms with van der Waals surface area (Å²) in [4.78, 5) is 48.2. The van der Waals surface area contributed by atoms with E-state index in [9.17, 15) is 28.0 Å². The standard InChI is InChI=1S/C20H16F2N4O4/c21-16(22)8-12-3-1-4-13(7-12)19(29)24-15-6-2-5-14(9-15)23-17(27)10-26-11-18(28)25-20(26)30/h1-9H,10-11H2,(H,23,27)(H,24,29)(H,25,28,30). The van der Waals surface area contributed by atoms with Gasteiger partial charge >= 0.3 is 6.03 Å². The van der Waals surface area contributed by atoms with Gasteiger partial charge in [0.05, 0.1) is 0 Å². The zero-order chi connectivity index (χ0) is 21.7. The smallest absolute Gasteiger partial charge is 0.324 e. The van der Waals surface area contributed by atoms with Gasteiger partial charge < -0.3 is 15.5 Å². The molecule has 0 atom stereocenters. The predicted octanol–water partition coefficient (Wildman–Crippen LogP) is 2.67. The fraction of sp³-hybridized carbons (Fsp3) is 0.100. The zero-order valence-electron chi connectivity index (χ0n) is 15.4. The summed E-state index contributed by atoms with van der Waals surface area (Å²) >= 11 is 0. The molecule has 2 aromatic rings. The Morgan fingerprint density at radius 2 is 1.73 bits per heavy atom. The van der Waals surface area contributed by atoms with Gasteiger partial charge in [-0.05, 0) is 35.9 Å². The summed E-state index contributed by atoms with van der Waals surface area (Å²) in [6.07, 6.45) is -1.21. The van der Waals surface area contributed by atoms with E-state index < -0.39 is 29.8 Å². The van der Waals surface area contributed by atoms with Crippen molar-refractivity contribution in [2.45, 2.75) is 0 Å². The Balaban J connectivity index is 1.63. The van der Waals surface area contributed by atoms with E-state index in [4.69, 9.17) is 0 Å². The molecule has 3 N–H and O–H groups in total. The molecule has 0 aromatic heterocycles. The molecule has 154 valence electrons. The molecule has 2 aromatic carbocycles. The molecule has 1 heterocycles. The van der Waals surface area contributed by atoms with E-state index in [1.807, 2.05) is 0 Å². The summed E-state index contributed by atoms with van der Waals surface area (Å²) in [6.45, 7) is -0.498. The molecule has 0 radical (unpaired) electrons. The summed E-state index contributed by atoms with van der Waals surface area (Å²) in [5, 5.41) is 7.27. The van der Waals surface area contributed by atoms with Gasteiger partial charge in [-0.3, -0.25) is 19.7 Å². The lowest BCUT2D eigenvalue weighted by Crippen LogP contribution is -2.35. The van der Waals surface area contributed by atoms with Crippen molar-refractivity contribution in [2.75, 3.05) is 23.7 Å². The van der Waals surface area contributed by atoms with E-state index in [-0.39, 0.29) is 24.2 Å². The van der Waals surface area contributed by atoms with Crippen molar-refractivity contribution < 1.29 is 28.0 Å². The number of hydrogen-bond acceptors (Lipinski definition) is 4. The monoisotopic (exact) mass is 414 g/mol. The van der Waals surface area contributed by atoms with Crippen LogP contribution in [0.25, 0.3) is 6.08 Å². The first-order valence-corrected chi connectivity index (χ1v) is 8.73. The number of halogens is 2. The van der Waals surface area contributed by atoms with Gasteiger partial charge in [0.1, 0.15) is 13.1 Å². The normalized spacial score (nSPS) is 12.9. The van der Waals surface area contributed by atoms with E-state index in [2.05, 4.69) is 16.0 Å². The number of amides is 5. The van der Waals surface area contributed by atoms with Crippen molar-refractivity contribution in [3.8, 4) is 0 Å². The minimum absolute atomic E-state index is 0.184. The summed E-state index contributed by atoms with van der Waals surface area (Å²) in [7, 11) is 0. The highest BCUT2D eigenvalue weighted by molar-refractivity contribution is 6.06. The summed E-state index contributed by atoms with van der Waals surface area (Å²) < 4.78 is 24.8. The molecule has 1 saturated heterocycles. The number of hydrogen-bond donors (Lipinski definition) is 3. The summed E-state index contributed by atoms with van der Waals surface area (Å²) in [5.41, 5.74) is 1.10. The number of urea groups is 1. The van der Waals surface area contributed by atoms with E-state index in [0.29, 0.717) is 17.5 Å². The Bertz CT molecular complexity index is 1050. The van der Waals surface area contributed by atoms with Crippen LogP contribution in [0.5, 0.6) is 0 Å². The molecule has 8 nitrogen and oxygen atoms in total. The number of imide groups is 1. The third-order valence-corrected chi connectivity index (χ3v) is 4.03. The fourth-order valence-electron chi connectivity index (χ4n) is 2.76. The highest BCUT2D eigenvalue weighted by Gasteiger charge is 2.28. The maximum atomic E-state index is 12.4. The lowest BCUT2D eigenvalue weighted by atomic mass is 10.1. The molecular weight excluding hydrogens is 398 g/mol. The largest absolute Gasteiger partial charge is 0.325 e. The number of benzene rings is 2. The highest BCUT2D eigenvalue weighted by atomic mass is 19.3. The van der Waals surface area contributed by atoms with Gasteiger partial charge in [-0.2, -0.15) is 8.78 Å². The summed E-state index contributed by atoms with van der Waals surface area (Å²) in [6, 6.07) is 11.4. The minimum atomic E-state index is -1.87. The van der Waals surface area contributed by atoms with E-state index >= 15 is 0 Å². The van der Waals surface area contributed by atoms with E-state index in [1.54, 1.807) is 18.2 Å². The summed E-state index contributed by atoms with van der Waals surface area (Å²) in [5.74, 6) is -1.51. The average Bonchev–Trinajstić information content (AvgIpc) is 2.98. The third-order valence-electron chi connectivity index (χ3n) is 4.03. The van der Waals surface area contributed by atoms with Crippen molar-refractivity contribution in [1.82, 2.24) is 10.2 Å². The van der Waals surface area contributed by atoms with Crippen LogP contribution in [0.1, 0.15) is 15.9 Å². The highest BCUT2D eigenvalue weighted by Crippen LogP contribution is 2.17. The fourth-order valence-corrected chi connectivity index (χ4v) is 2.76. The van der Waals surface area contributed by atoms with Gasteiger partial charge in [0.2, 0.25) is 11.8 Å². The Kier molecular flexibility index (Phi) is 6.16. The zero-order valence-corrected chi connectivity index (χ0v) is 15.4. The molecule has 30 heavy (non-hydrogen) atoms. The molecule has 0 saturated carbocycles. The molecule has 10 heteroatoms. The minimum Gasteiger partial charge on any atom is -0.324 e. The Morgan fingerprint density at radius 3 is 2.40 bits per heavy atom. The van der Waals surface area contributed by atoms with Crippen LogP contribution < -0.4 is 16.0 Å². The van der Waals surface area contributed by atoms with E-state index in [0.717, 1.165) is 4.90 Å². The molecule has 0 unspecified atom stereocenters. The second kappa shape index (κ2) is 8.95. The maximum absolute atomic E-state index is 12.4. The van der Waals surface area contributed by atoms with Gasteiger partial charge in [-0.1, -0.05) is 18.2 Å². The molecule has 0 aliphatic carbocycles. The van der Waals surface area contributed by atoms with Crippen LogP contribution >= 0.6 is 0 Å². The maximum Gasteiger partial charge on any atom is 0.325 e. The first-order chi connectivity index (χ1) is 14.3. The molecule has 1 aliphatic rings. The molecule has 0 bridgehead atoms. The Morgan fingerprint density at radius 1 is 1.03 bits per heavy atom. The molecular formula is C20H16F2N4O4. The third kappa shape index (κ3) is 5.47. The first kappa shape index (κ1) is 20.6. The van der Waals surface area contributed by atoms with Crippen molar-refractivity contribution in [2.24, 2.45) is 0 Å². The topological polar surface area (TPSA) is 108 Å². The molecule has 0 spiro atoms. The lowest BCUT2D eigenvalue weighted by Gasteiger charge is -2.13. The van der Waals surface area contributed by atoms with Gasteiger partial charge in [0.15, 0.2) is 0 Å².